The molecule has 0 spiro atoms. The van der Waals surface area contributed by atoms with Crippen LogP contribution in [0, 0.1) is 11.6 Å². The molecule has 1 fully saturated rings. The molecule has 324 valence electrons. The number of hydrogen-bond donors (Lipinski definition) is 3. The first-order valence-corrected chi connectivity index (χ1v) is 21.1. The van der Waals surface area contributed by atoms with Crippen LogP contribution in [0.2, 0.25) is 0 Å². The molecule has 4 aromatic carbocycles. The van der Waals surface area contributed by atoms with Gasteiger partial charge in [0.2, 0.25) is 0 Å². The molecule has 1 heterocycles. The molecule has 10 heteroatoms. The molecule has 1 saturated heterocycles. The van der Waals surface area contributed by atoms with Crippen molar-refractivity contribution in [2.75, 3.05) is 6.61 Å². The topological polar surface area (TPSA) is 104 Å². The molecule has 0 saturated carbocycles. The molecular weight excluding hydrogens is 813 g/mol. The summed E-state index contributed by atoms with van der Waals surface area (Å²) in [4.78, 5) is 21.7. The lowest BCUT2D eigenvalue weighted by atomic mass is 9.68. The lowest BCUT2D eigenvalue weighted by Gasteiger charge is -2.24. The van der Waals surface area contributed by atoms with E-state index in [4.69, 9.17) is 9.84 Å². The average molecular weight is 882 g/mol. The molecule has 3 N–H and O–H groups in total. The highest BCUT2D eigenvalue weighted by atomic mass is 79.9. The van der Waals surface area contributed by atoms with Crippen molar-refractivity contribution >= 4 is 41.1 Å². The molecule has 0 radical (unpaired) electrons. The maximum atomic E-state index is 13.9. The van der Waals surface area contributed by atoms with Gasteiger partial charge in [-0.2, -0.15) is 0 Å². The molecule has 4 aromatic rings. The van der Waals surface area contributed by atoms with Crippen LogP contribution in [0.5, 0.6) is 0 Å². The fraction of sp³-hybridized carbons (Fsp3) is 0.469. The molecule has 6 nitrogen and oxygen atoms in total. The minimum absolute atomic E-state index is 0. The summed E-state index contributed by atoms with van der Waals surface area (Å²) in [6.45, 7) is 26.4. The van der Waals surface area contributed by atoms with E-state index in [0.717, 1.165) is 42.4 Å². The molecule has 0 amide bonds. The maximum Gasteiger partial charge on any atom is 0.489 e. The highest BCUT2D eigenvalue weighted by molar-refractivity contribution is 9.10. The second kappa shape index (κ2) is 25.3. The van der Waals surface area contributed by atoms with Crippen molar-refractivity contribution in [3.63, 3.8) is 0 Å². The summed E-state index contributed by atoms with van der Waals surface area (Å²) in [6.07, 6.45) is 2.87. The number of aldehydes is 2. The maximum absolute atomic E-state index is 13.9. The molecule has 0 aliphatic carbocycles. The second-order valence-electron chi connectivity index (χ2n) is 16.6. The summed E-state index contributed by atoms with van der Waals surface area (Å²) < 4.78 is 31.5. The third-order valence-corrected chi connectivity index (χ3v) is 10.7. The van der Waals surface area contributed by atoms with E-state index < -0.39 is 13.4 Å². The van der Waals surface area contributed by atoms with Gasteiger partial charge >= 0.3 is 7.12 Å². The summed E-state index contributed by atoms with van der Waals surface area (Å²) in [5, 5.41) is 27.8. The van der Waals surface area contributed by atoms with Crippen LogP contribution in [0.4, 0.5) is 8.78 Å². The zero-order valence-electron chi connectivity index (χ0n) is 36.4. The fourth-order valence-electron chi connectivity index (χ4n) is 6.58. The molecule has 0 bridgehead atoms. The number of aliphatic hydroxyl groups excluding tert-OH is 1. The molecule has 0 aromatic heterocycles. The molecule has 1 aliphatic heterocycles. The Balaban J connectivity index is 0.000000434. The normalized spacial score (nSPS) is 13.4. The van der Waals surface area contributed by atoms with E-state index in [1.165, 1.54) is 52.6 Å². The Kier molecular flexibility index (Phi) is 22.9. The van der Waals surface area contributed by atoms with Gasteiger partial charge in [0.15, 0.2) is 18.9 Å². The van der Waals surface area contributed by atoms with Crippen LogP contribution in [0.25, 0.3) is 11.1 Å². The van der Waals surface area contributed by atoms with Gasteiger partial charge in [0.25, 0.3) is 0 Å². The zero-order valence-corrected chi connectivity index (χ0v) is 38.0. The van der Waals surface area contributed by atoms with Crippen LogP contribution >= 0.6 is 15.9 Å². The monoisotopic (exact) mass is 880 g/mol. The highest BCUT2D eigenvalue weighted by Crippen LogP contribution is 2.40. The van der Waals surface area contributed by atoms with Crippen molar-refractivity contribution < 1.29 is 38.3 Å². The van der Waals surface area contributed by atoms with Crippen molar-refractivity contribution in [2.45, 2.75) is 145 Å². The third kappa shape index (κ3) is 15.8. The number of ether oxygens (including phenoxy) is 1. The smallest absolute Gasteiger partial charge is 0.423 e. The molecule has 1 unspecified atom stereocenters. The first-order valence-electron chi connectivity index (χ1n) is 20.3. The van der Waals surface area contributed by atoms with Gasteiger partial charge in [0, 0.05) is 28.6 Å². The van der Waals surface area contributed by atoms with Crippen molar-refractivity contribution in [1.29, 1.82) is 0 Å². The van der Waals surface area contributed by atoms with E-state index in [0.29, 0.717) is 56.6 Å². The van der Waals surface area contributed by atoms with Gasteiger partial charge in [-0.1, -0.05) is 115 Å². The van der Waals surface area contributed by atoms with E-state index in [2.05, 4.69) is 123 Å². The lowest BCUT2D eigenvalue weighted by Crippen LogP contribution is -2.37. The molecular formula is C49H68BBrF2O6. The van der Waals surface area contributed by atoms with Crippen molar-refractivity contribution in [1.82, 2.24) is 0 Å². The van der Waals surface area contributed by atoms with Gasteiger partial charge < -0.3 is 19.9 Å². The molecule has 59 heavy (non-hydrogen) atoms. The number of halogens is 3. The number of hydrogen-bond acceptors (Lipinski definition) is 6. The van der Waals surface area contributed by atoms with E-state index in [9.17, 15) is 28.4 Å². The van der Waals surface area contributed by atoms with E-state index in [1.807, 2.05) is 0 Å². The Hall–Kier alpha value is -3.54. The van der Waals surface area contributed by atoms with Crippen molar-refractivity contribution in [3.8, 4) is 11.1 Å². The zero-order chi connectivity index (χ0) is 44.0. The first kappa shape index (κ1) is 53.5. The summed E-state index contributed by atoms with van der Waals surface area (Å²) in [6, 6.07) is 17.0. The lowest BCUT2D eigenvalue weighted by molar-refractivity contribution is -0.0589. The third-order valence-electron chi connectivity index (χ3n) is 9.97. The summed E-state index contributed by atoms with van der Waals surface area (Å²) in [5.41, 5.74) is 10.4. The molecule has 1 atom stereocenters. The van der Waals surface area contributed by atoms with Crippen LogP contribution in [0.3, 0.4) is 0 Å². The van der Waals surface area contributed by atoms with Gasteiger partial charge in [-0.05, 0) is 144 Å². The molecule has 1 aliphatic rings. The van der Waals surface area contributed by atoms with Crippen LogP contribution < -0.4 is 5.46 Å². The number of benzene rings is 4. The first-order chi connectivity index (χ1) is 27.1. The van der Waals surface area contributed by atoms with Crippen LogP contribution in [-0.4, -0.2) is 47.7 Å². The minimum Gasteiger partial charge on any atom is -0.423 e. The minimum atomic E-state index is -1.39. The van der Waals surface area contributed by atoms with E-state index in [-0.39, 0.29) is 30.9 Å². The van der Waals surface area contributed by atoms with Gasteiger partial charge in [-0.3, -0.25) is 9.59 Å². The predicted octanol–water partition coefficient (Wildman–Crippen LogP) is 12.6. The Labute approximate surface area is 362 Å². The quantitative estimate of drug-likeness (QED) is 0.108. The summed E-state index contributed by atoms with van der Waals surface area (Å²) in [5.74, 6) is 1.37. The number of carbonyl (C=O) groups excluding carboxylic acids is 2. The van der Waals surface area contributed by atoms with Crippen LogP contribution in [0.1, 0.15) is 193 Å². The number of aliphatic hydroxyl groups is 1. The average Bonchev–Trinajstić information content (AvgIpc) is 3.64. The van der Waals surface area contributed by atoms with Gasteiger partial charge in [-0.25, -0.2) is 8.78 Å². The van der Waals surface area contributed by atoms with E-state index >= 15 is 0 Å². The fourth-order valence-corrected chi connectivity index (χ4v) is 7.03. The number of rotatable bonds is 10. The Morgan fingerprint density at radius 1 is 0.644 bits per heavy atom. The van der Waals surface area contributed by atoms with Gasteiger partial charge in [0.05, 0.1) is 0 Å². The van der Waals surface area contributed by atoms with Crippen molar-refractivity contribution in [3.05, 3.63) is 121 Å². The second-order valence-corrected chi connectivity index (χ2v) is 17.4. The Bertz CT molecular complexity index is 1880. The summed E-state index contributed by atoms with van der Waals surface area (Å²) in [7, 11) is -1.39. The predicted molar refractivity (Wildman–Crippen MR) is 245 cm³/mol. The SMILES string of the molecule is C.CC(C)c1cc(C(C)C)c(-c2cc(F)ccc2C=O)c(C(C)C)c1.CC(C)c1cc(C(C)C)c(B(O)O)c(C(C)C)c1.O=Cc1ccc(F)cc1Br.OC1CCCO1. The van der Waals surface area contributed by atoms with Gasteiger partial charge in [0.1, 0.15) is 11.6 Å². The molecule has 5 rings (SSSR count). The van der Waals surface area contributed by atoms with Crippen LogP contribution in [-0.2, 0) is 4.74 Å². The standard InChI is InChI=1S/C22H27FO.C15H25BO2.C7H4BrFO.C4H8O2.CH4/c1-13(2)17-9-19(14(3)4)22(20(10-17)15(5)6)21-11-18(23)8-7-16(21)12-24;1-9(2)12-7-13(10(3)4)15(16(17)18)14(8-12)11(5)6;8-7-3-6(9)2-1-5(7)4-10;5-4-2-1-3-6-4;/h7-15H,1-6H3;7-11,17-18H,1-6H3;1-4H;4-5H,1-3H2;1H4. The highest BCUT2D eigenvalue weighted by Gasteiger charge is 2.25. The summed E-state index contributed by atoms with van der Waals surface area (Å²) >= 11 is 3.04. The number of carbonyl (C=O) groups is 2. The van der Waals surface area contributed by atoms with Gasteiger partial charge in [-0.15, -0.1) is 0 Å². The van der Waals surface area contributed by atoms with E-state index in [1.54, 1.807) is 6.07 Å². The van der Waals surface area contributed by atoms with Crippen molar-refractivity contribution in [2.24, 2.45) is 0 Å². The Morgan fingerprint density at radius 2 is 1.05 bits per heavy atom. The Morgan fingerprint density at radius 3 is 1.36 bits per heavy atom. The van der Waals surface area contributed by atoms with Crippen LogP contribution in [0.15, 0.2) is 65.1 Å². The largest absolute Gasteiger partial charge is 0.489 e.